The molecule has 1 aromatic rings. The van der Waals surface area contributed by atoms with E-state index >= 15 is 0 Å². The third-order valence-corrected chi connectivity index (χ3v) is 3.50. The minimum Gasteiger partial charge on any atom is -0.379 e. The van der Waals surface area contributed by atoms with Crippen LogP contribution >= 0.6 is 11.6 Å². The van der Waals surface area contributed by atoms with Gasteiger partial charge in [0.2, 0.25) is 5.91 Å². The summed E-state index contributed by atoms with van der Waals surface area (Å²) >= 11 is 5.64. The Balaban J connectivity index is 2.42. The maximum absolute atomic E-state index is 12.7. The highest BCUT2D eigenvalue weighted by Gasteiger charge is 2.38. The van der Waals surface area contributed by atoms with Crippen molar-refractivity contribution in [1.82, 2.24) is 15.1 Å². The minimum atomic E-state index is -4.61. The molecule has 0 fully saturated rings. The maximum Gasteiger partial charge on any atom is 0.436 e. The van der Waals surface area contributed by atoms with E-state index in [-0.39, 0.29) is 30.7 Å². The Kier molecular flexibility index (Phi) is 7.34. The second kappa shape index (κ2) is 8.54. The van der Waals surface area contributed by atoms with Crippen LogP contribution in [0.2, 0.25) is 5.02 Å². The van der Waals surface area contributed by atoms with Crippen LogP contribution < -0.4 is 5.32 Å². The molecule has 0 spiro atoms. The van der Waals surface area contributed by atoms with Gasteiger partial charge in [-0.1, -0.05) is 11.6 Å². The van der Waals surface area contributed by atoms with Crippen LogP contribution in [0.25, 0.3) is 0 Å². The molecule has 0 radical (unpaired) electrons. The molecule has 5 nitrogen and oxygen atoms in total. The van der Waals surface area contributed by atoms with Gasteiger partial charge in [-0.2, -0.15) is 18.3 Å². The number of ether oxygens (including phenoxy) is 1. The van der Waals surface area contributed by atoms with Gasteiger partial charge >= 0.3 is 6.18 Å². The monoisotopic (exact) mass is 355 g/mol. The zero-order valence-corrected chi connectivity index (χ0v) is 14.1. The molecule has 0 aromatic carbocycles. The van der Waals surface area contributed by atoms with E-state index in [9.17, 15) is 18.0 Å². The summed E-state index contributed by atoms with van der Waals surface area (Å²) in [5, 5.41) is 5.70. The zero-order valence-electron chi connectivity index (χ0n) is 13.3. The van der Waals surface area contributed by atoms with Gasteiger partial charge < -0.3 is 10.1 Å². The van der Waals surface area contributed by atoms with Crippen LogP contribution in [0.4, 0.5) is 13.2 Å². The van der Waals surface area contributed by atoms with Crippen LogP contribution in [0, 0.1) is 6.92 Å². The molecule has 132 valence electrons. The van der Waals surface area contributed by atoms with Crippen LogP contribution in [-0.2, 0) is 22.3 Å². The van der Waals surface area contributed by atoms with Crippen LogP contribution in [0.3, 0.4) is 0 Å². The van der Waals surface area contributed by atoms with E-state index in [1.165, 1.54) is 6.92 Å². The van der Waals surface area contributed by atoms with Crippen molar-refractivity contribution in [3.63, 3.8) is 0 Å². The predicted octanol–water partition coefficient (Wildman–Crippen LogP) is 3.19. The topological polar surface area (TPSA) is 56.2 Å². The third kappa shape index (κ3) is 6.39. The van der Waals surface area contributed by atoms with Gasteiger partial charge in [-0.05, 0) is 27.2 Å². The van der Waals surface area contributed by atoms with E-state index in [0.717, 1.165) is 4.68 Å². The van der Waals surface area contributed by atoms with Gasteiger partial charge in [-0.3, -0.25) is 9.48 Å². The number of carbonyl (C=O) groups excluding carboxylic acids is 1. The summed E-state index contributed by atoms with van der Waals surface area (Å²) < 4.78 is 44.5. The molecule has 1 aromatic heterocycles. The molecule has 1 heterocycles. The summed E-state index contributed by atoms with van der Waals surface area (Å²) in [6, 6.07) is 0. The quantitative estimate of drug-likeness (QED) is 0.729. The van der Waals surface area contributed by atoms with E-state index in [2.05, 4.69) is 10.4 Å². The molecular weight excluding hydrogens is 335 g/mol. The van der Waals surface area contributed by atoms with Gasteiger partial charge in [0.15, 0.2) is 5.69 Å². The minimum absolute atomic E-state index is 0.0290. The molecule has 0 saturated carbocycles. The number of nitrogens with one attached hydrogen (secondary N) is 1. The van der Waals surface area contributed by atoms with Gasteiger partial charge in [-0.15, -0.1) is 0 Å². The highest BCUT2D eigenvalue weighted by molar-refractivity contribution is 6.31. The number of halogens is 4. The van der Waals surface area contributed by atoms with Gasteiger partial charge in [-0.25, -0.2) is 0 Å². The molecule has 0 saturated heterocycles. The fourth-order valence-electron chi connectivity index (χ4n) is 1.84. The molecule has 1 amide bonds. The number of carbonyl (C=O) groups is 1. The van der Waals surface area contributed by atoms with E-state index < -0.39 is 16.9 Å². The van der Waals surface area contributed by atoms with Crippen LogP contribution in [0.15, 0.2) is 0 Å². The van der Waals surface area contributed by atoms with E-state index in [4.69, 9.17) is 16.3 Å². The molecule has 0 aliphatic heterocycles. The average Bonchev–Trinajstić information content (AvgIpc) is 2.72. The summed E-state index contributed by atoms with van der Waals surface area (Å²) in [4.78, 5) is 11.7. The highest BCUT2D eigenvalue weighted by Crippen LogP contribution is 2.35. The number of hydrogen-bond acceptors (Lipinski definition) is 3. The normalized spacial score (nSPS) is 12.0. The highest BCUT2D eigenvalue weighted by atomic mass is 35.5. The molecular formula is C14H21ClF3N3O2. The lowest BCUT2D eigenvalue weighted by atomic mass is 10.3. The summed E-state index contributed by atoms with van der Waals surface area (Å²) in [5.74, 6) is -0.255. The Morgan fingerprint density at radius 1 is 1.43 bits per heavy atom. The van der Waals surface area contributed by atoms with E-state index in [1.54, 1.807) is 0 Å². The van der Waals surface area contributed by atoms with Crippen LogP contribution in [0.1, 0.15) is 38.1 Å². The number of aromatic nitrogens is 2. The van der Waals surface area contributed by atoms with Crippen molar-refractivity contribution in [2.75, 3.05) is 13.2 Å². The lowest BCUT2D eigenvalue weighted by Gasteiger charge is -2.08. The molecule has 1 N–H and O–H groups in total. The summed E-state index contributed by atoms with van der Waals surface area (Å²) in [7, 11) is 0. The van der Waals surface area contributed by atoms with Gasteiger partial charge in [0.1, 0.15) is 0 Å². The average molecular weight is 356 g/mol. The number of hydrogen-bond donors (Lipinski definition) is 1. The van der Waals surface area contributed by atoms with Crippen molar-refractivity contribution in [1.29, 1.82) is 0 Å². The third-order valence-electron chi connectivity index (χ3n) is 3.05. The molecule has 0 aliphatic carbocycles. The molecule has 0 bridgehead atoms. The molecule has 0 unspecified atom stereocenters. The Morgan fingerprint density at radius 3 is 2.61 bits per heavy atom. The van der Waals surface area contributed by atoms with Crippen LogP contribution in [0.5, 0.6) is 0 Å². The second-order valence-electron chi connectivity index (χ2n) is 5.34. The van der Waals surface area contributed by atoms with Gasteiger partial charge in [0.05, 0.1) is 23.4 Å². The largest absolute Gasteiger partial charge is 0.436 e. The summed E-state index contributed by atoms with van der Waals surface area (Å²) in [5.41, 5.74) is -0.931. The summed E-state index contributed by atoms with van der Waals surface area (Å²) in [6.07, 6.45) is -3.76. The van der Waals surface area contributed by atoms with Crippen molar-refractivity contribution in [3.05, 3.63) is 16.4 Å². The maximum atomic E-state index is 12.7. The first-order chi connectivity index (χ1) is 10.6. The first-order valence-electron chi connectivity index (χ1n) is 7.31. The molecule has 0 aliphatic rings. The van der Waals surface area contributed by atoms with Gasteiger partial charge in [0.25, 0.3) is 0 Å². The number of amides is 1. The van der Waals surface area contributed by atoms with Gasteiger partial charge in [0, 0.05) is 19.6 Å². The fourth-order valence-corrected chi connectivity index (χ4v) is 2.08. The first kappa shape index (κ1) is 19.8. The van der Waals surface area contributed by atoms with E-state index in [1.807, 2.05) is 13.8 Å². The van der Waals surface area contributed by atoms with E-state index in [0.29, 0.717) is 19.6 Å². The van der Waals surface area contributed by atoms with Crippen molar-refractivity contribution >= 4 is 17.5 Å². The van der Waals surface area contributed by atoms with Crippen molar-refractivity contribution in [3.8, 4) is 0 Å². The Morgan fingerprint density at radius 2 is 2.09 bits per heavy atom. The Labute approximate surface area is 138 Å². The standard InChI is InChI=1S/C14H21ClF3N3O2/c1-9(2)23-8-4-6-19-11(22)5-7-21-10(3)12(15)13(20-21)14(16,17)18/h9H,4-8H2,1-3H3,(H,19,22). The molecule has 1 rings (SSSR count). The second-order valence-corrected chi connectivity index (χ2v) is 5.72. The SMILES string of the molecule is Cc1c(Cl)c(C(F)(F)F)nn1CCC(=O)NCCCOC(C)C. The number of alkyl halides is 3. The van der Waals surface area contributed by atoms with Crippen molar-refractivity contribution in [2.24, 2.45) is 0 Å². The zero-order chi connectivity index (χ0) is 17.6. The van der Waals surface area contributed by atoms with Crippen LogP contribution in [-0.4, -0.2) is 34.9 Å². The lowest BCUT2D eigenvalue weighted by Crippen LogP contribution is -2.26. The summed E-state index contributed by atoms with van der Waals surface area (Å²) in [6.45, 7) is 6.32. The lowest BCUT2D eigenvalue weighted by molar-refractivity contribution is -0.141. The number of nitrogens with zero attached hydrogens (tertiary/aromatic N) is 2. The fraction of sp³-hybridized carbons (Fsp3) is 0.714. The molecule has 23 heavy (non-hydrogen) atoms. The number of aryl methyl sites for hydroxylation is 1. The molecule has 9 heteroatoms. The predicted molar refractivity (Wildman–Crippen MR) is 80.3 cm³/mol. The van der Waals surface area contributed by atoms with Crippen molar-refractivity contribution in [2.45, 2.75) is 52.4 Å². The smallest absolute Gasteiger partial charge is 0.379 e. The van der Waals surface area contributed by atoms with Crippen molar-refractivity contribution < 1.29 is 22.7 Å². The number of rotatable bonds is 8. The molecule has 0 atom stereocenters. The Bertz CT molecular complexity index is 530. The Hall–Kier alpha value is -1.28. The first-order valence-corrected chi connectivity index (χ1v) is 7.69.